The van der Waals surface area contributed by atoms with E-state index in [1.54, 1.807) is 0 Å². The van der Waals surface area contributed by atoms with Crippen LogP contribution in [-0.4, -0.2) is 24.8 Å². The molecule has 0 rings (SSSR count). The van der Waals surface area contributed by atoms with Crippen LogP contribution in [0.4, 0.5) is 0 Å². The molecule has 0 aliphatic heterocycles. The molecule has 0 saturated carbocycles. The van der Waals surface area contributed by atoms with E-state index in [9.17, 15) is 13.3 Å². The van der Waals surface area contributed by atoms with Gasteiger partial charge in [-0.05, 0) is 6.42 Å². The number of hydrogen-bond donors (Lipinski definition) is 2. The predicted molar refractivity (Wildman–Crippen MR) is 53.0 cm³/mol. The van der Waals surface area contributed by atoms with Crippen molar-refractivity contribution >= 4 is 9.63 Å². The second-order valence-electron chi connectivity index (χ2n) is 3.24. The van der Waals surface area contributed by atoms with Crippen molar-refractivity contribution in [3.8, 4) is 0 Å². The molecule has 0 saturated heterocycles. The van der Waals surface area contributed by atoms with E-state index in [1.807, 2.05) is 0 Å². The lowest BCUT2D eigenvalue weighted by Gasteiger charge is -2.28. The molecule has 4 heteroatoms. The standard InChI is InChI=1S/C8H20O3S/c1-3-5-6-7-8-12(9,10,11)4-2/h3-8H2,1-2H3,(H2,9,10,11). The van der Waals surface area contributed by atoms with Crippen LogP contribution in [0.25, 0.3) is 0 Å². The summed E-state index contributed by atoms with van der Waals surface area (Å²) in [6, 6.07) is 0. The summed E-state index contributed by atoms with van der Waals surface area (Å²) < 4.78 is 29.6. The fraction of sp³-hybridized carbons (Fsp3) is 1.00. The van der Waals surface area contributed by atoms with Crippen molar-refractivity contribution in [1.29, 1.82) is 0 Å². The minimum Gasteiger partial charge on any atom is -0.308 e. The van der Waals surface area contributed by atoms with Gasteiger partial charge in [0.25, 0.3) is 0 Å². The monoisotopic (exact) mass is 196 g/mol. The molecule has 0 radical (unpaired) electrons. The van der Waals surface area contributed by atoms with Gasteiger partial charge in [0.1, 0.15) is 0 Å². The maximum atomic E-state index is 11.2. The van der Waals surface area contributed by atoms with Crippen LogP contribution in [0.3, 0.4) is 0 Å². The van der Waals surface area contributed by atoms with E-state index in [0.29, 0.717) is 6.42 Å². The van der Waals surface area contributed by atoms with E-state index in [1.165, 1.54) is 6.92 Å². The van der Waals surface area contributed by atoms with Crippen LogP contribution >= 0.6 is 0 Å². The van der Waals surface area contributed by atoms with Crippen LogP contribution in [0.5, 0.6) is 0 Å². The molecule has 0 aliphatic carbocycles. The maximum absolute atomic E-state index is 11.2. The van der Waals surface area contributed by atoms with Gasteiger partial charge < -0.3 is 9.11 Å². The average molecular weight is 196 g/mol. The molecule has 0 unspecified atom stereocenters. The first kappa shape index (κ1) is 12.1. The van der Waals surface area contributed by atoms with E-state index >= 15 is 0 Å². The molecule has 0 aromatic carbocycles. The first-order valence-electron chi connectivity index (χ1n) is 4.52. The Kier molecular flexibility index (Phi) is 4.37. The van der Waals surface area contributed by atoms with Crippen molar-refractivity contribution in [1.82, 2.24) is 0 Å². The zero-order valence-corrected chi connectivity index (χ0v) is 8.77. The van der Waals surface area contributed by atoms with Crippen molar-refractivity contribution in [2.24, 2.45) is 0 Å². The number of unbranched alkanes of at least 4 members (excludes halogenated alkanes) is 3. The molecule has 0 aromatic rings. The highest BCUT2D eigenvalue weighted by atomic mass is 32.3. The minimum atomic E-state index is -4.20. The van der Waals surface area contributed by atoms with Crippen LogP contribution in [0.15, 0.2) is 0 Å². The minimum absolute atomic E-state index is 0.0354. The third-order valence-corrected chi connectivity index (χ3v) is 4.26. The first-order chi connectivity index (χ1) is 5.39. The molecule has 3 nitrogen and oxygen atoms in total. The van der Waals surface area contributed by atoms with E-state index < -0.39 is 9.63 Å². The van der Waals surface area contributed by atoms with Crippen molar-refractivity contribution in [2.75, 3.05) is 11.5 Å². The Hall–Kier alpha value is 0.0700. The van der Waals surface area contributed by atoms with Gasteiger partial charge >= 0.3 is 0 Å². The summed E-state index contributed by atoms with van der Waals surface area (Å²) in [6.07, 6.45) is 3.72. The fourth-order valence-electron chi connectivity index (χ4n) is 0.963. The largest absolute Gasteiger partial charge is 0.308 e. The summed E-state index contributed by atoms with van der Waals surface area (Å²) in [5, 5.41) is 0. The molecule has 0 amide bonds. The lowest BCUT2D eigenvalue weighted by molar-refractivity contribution is 0.389. The van der Waals surface area contributed by atoms with Crippen LogP contribution in [0, 0.1) is 0 Å². The van der Waals surface area contributed by atoms with Crippen LogP contribution in [-0.2, 0) is 9.63 Å². The molecule has 0 aliphatic rings. The van der Waals surface area contributed by atoms with Gasteiger partial charge in [-0.25, -0.2) is 4.21 Å². The molecule has 0 aromatic heterocycles. The van der Waals surface area contributed by atoms with Crippen LogP contribution in [0.1, 0.15) is 39.5 Å². The van der Waals surface area contributed by atoms with Gasteiger partial charge in [0.15, 0.2) is 0 Å². The Morgan fingerprint density at radius 3 is 2.08 bits per heavy atom. The molecule has 0 bridgehead atoms. The van der Waals surface area contributed by atoms with Crippen molar-refractivity contribution in [3.63, 3.8) is 0 Å². The third kappa shape index (κ3) is 5.69. The second-order valence-corrected chi connectivity index (χ2v) is 6.60. The normalized spacial score (nSPS) is 15.5. The van der Waals surface area contributed by atoms with E-state index in [4.69, 9.17) is 0 Å². The van der Waals surface area contributed by atoms with E-state index in [2.05, 4.69) is 6.92 Å². The van der Waals surface area contributed by atoms with Crippen molar-refractivity contribution < 1.29 is 13.3 Å². The Bertz CT molecular complexity index is 183. The van der Waals surface area contributed by atoms with Gasteiger partial charge in [-0.2, -0.15) is 0 Å². The number of rotatable bonds is 6. The Morgan fingerprint density at radius 1 is 1.08 bits per heavy atom. The number of hydrogen-bond acceptors (Lipinski definition) is 1. The third-order valence-electron chi connectivity index (χ3n) is 1.99. The van der Waals surface area contributed by atoms with Crippen molar-refractivity contribution in [2.45, 2.75) is 39.5 Å². The molecular weight excluding hydrogens is 176 g/mol. The molecule has 76 valence electrons. The fourth-order valence-corrected chi connectivity index (χ4v) is 2.04. The van der Waals surface area contributed by atoms with Gasteiger partial charge in [0.2, 0.25) is 0 Å². The van der Waals surface area contributed by atoms with E-state index in [-0.39, 0.29) is 11.5 Å². The summed E-state index contributed by atoms with van der Waals surface area (Å²) in [7, 11) is -4.20. The van der Waals surface area contributed by atoms with Crippen LogP contribution in [0.2, 0.25) is 0 Å². The van der Waals surface area contributed by atoms with Gasteiger partial charge in [-0.15, -0.1) is 0 Å². The van der Waals surface area contributed by atoms with E-state index in [0.717, 1.165) is 19.3 Å². The SMILES string of the molecule is CCCCCCS(=O)(O)(O)CC. The quantitative estimate of drug-likeness (QED) is 0.641. The summed E-state index contributed by atoms with van der Waals surface area (Å²) in [6.45, 7) is 3.61. The zero-order valence-electron chi connectivity index (χ0n) is 7.95. The first-order valence-corrected chi connectivity index (χ1v) is 6.74. The predicted octanol–water partition coefficient (Wildman–Crippen LogP) is 2.35. The summed E-state index contributed by atoms with van der Waals surface area (Å²) in [5.41, 5.74) is 0. The molecule has 0 heterocycles. The van der Waals surface area contributed by atoms with Crippen LogP contribution < -0.4 is 0 Å². The average Bonchev–Trinajstić information content (AvgIpc) is 1.98. The highest BCUT2D eigenvalue weighted by Crippen LogP contribution is 2.18. The smallest absolute Gasteiger partial charge is 0.0823 e. The maximum Gasteiger partial charge on any atom is 0.0823 e. The Labute approximate surface area is 74.6 Å². The van der Waals surface area contributed by atoms with Gasteiger partial charge in [0.05, 0.1) is 9.63 Å². The topological polar surface area (TPSA) is 57.5 Å². The highest BCUT2D eigenvalue weighted by Gasteiger charge is 2.25. The Morgan fingerprint density at radius 2 is 1.67 bits per heavy atom. The van der Waals surface area contributed by atoms with Gasteiger partial charge in [-0.3, -0.25) is 0 Å². The summed E-state index contributed by atoms with van der Waals surface area (Å²) in [4.78, 5) is 0. The van der Waals surface area contributed by atoms with Gasteiger partial charge in [-0.1, -0.05) is 33.1 Å². The molecule has 12 heavy (non-hydrogen) atoms. The molecular formula is C8H20O3S. The zero-order chi connectivity index (χ0) is 9.69. The summed E-state index contributed by atoms with van der Waals surface area (Å²) in [5.74, 6) is -0.0168. The van der Waals surface area contributed by atoms with Gasteiger partial charge in [0, 0.05) is 11.5 Å². The molecule has 0 atom stereocenters. The molecule has 0 fully saturated rings. The second kappa shape index (κ2) is 4.35. The molecule has 2 N–H and O–H groups in total. The van der Waals surface area contributed by atoms with Crippen molar-refractivity contribution in [3.05, 3.63) is 0 Å². The summed E-state index contributed by atoms with van der Waals surface area (Å²) >= 11 is 0. The lowest BCUT2D eigenvalue weighted by Crippen LogP contribution is -2.37. The lowest BCUT2D eigenvalue weighted by atomic mass is 10.2. The Balaban J connectivity index is 3.69. The molecule has 0 spiro atoms. The highest BCUT2D eigenvalue weighted by molar-refractivity contribution is 8.10.